The van der Waals surface area contributed by atoms with Crippen LogP contribution in [0.15, 0.2) is 102 Å². The van der Waals surface area contributed by atoms with Crippen LogP contribution in [0.4, 0.5) is 0 Å². The van der Waals surface area contributed by atoms with E-state index in [-0.39, 0.29) is 16.8 Å². The van der Waals surface area contributed by atoms with Gasteiger partial charge in [0.1, 0.15) is 11.3 Å². The van der Waals surface area contributed by atoms with Crippen molar-refractivity contribution in [3.8, 4) is 28.2 Å². The lowest BCUT2D eigenvalue weighted by Gasteiger charge is -2.21. The highest BCUT2D eigenvalue weighted by Crippen LogP contribution is 2.42. The molecule has 0 amide bonds. The van der Waals surface area contributed by atoms with Crippen molar-refractivity contribution in [1.82, 2.24) is 9.55 Å². The van der Waals surface area contributed by atoms with Crippen LogP contribution in [0.1, 0.15) is 67.0 Å². The lowest BCUT2D eigenvalue weighted by Crippen LogP contribution is -2.30. The van der Waals surface area contributed by atoms with Crippen LogP contribution in [0.25, 0.3) is 61.3 Å². The predicted molar refractivity (Wildman–Crippen MR) is 173 cm³/mol. The van der Waals surface area contributed by atoms with Gasteiger partial charge in [0.15, 0.2) is 16.6 Å². The second kappa shape index (κ2) is 9.99. The molecule has 3 heterocycles. The van der Waals surface area contributed by atoms with Gasteiger partial charge in [-0.25, -0.2) is 9.55 Å². The number of aromatic nitrogens is 3. The van der Waals surface area contributed by atoms with Crippen molar-refractivity contribution in [2.45, 2.75) is 46.3 Å². The van der Waals surface area contributed by atoms with E-state index in [0.717, 1.165) is 21.9 Å². The number of rotatable bonds is 5. The van der Waals surface area contributed by atoms with E-state index in [0.29, 0.717) is 39.3 Å². The Morgan fingerprint density at radius 3 is 2.29 bits per heavy atom. The molecule has 0 aliphatic heterocycles. The number of hydrogen-bond donors (Lipinski definition) is 0. The number of aryl methyl sites for hydroxylation is 2. The van der Waals surface area contributed by atoms with E-state index in [1.807, 2.05) is 102 Å². The topological polar surface area (TPSA) is 34.8 Å². The molecule has 0 saturated carbocycles. The molecule has 3 aromatic heterocycles. The van der Waals surface area contributed by atoms with Gasteiger partial charge in [-0.3, -0.25) is 0 Å². The Labute approximate surface area is 258 Å². The van der Waals surface area contributed by atoms with Gasteiger partial charge >= 0.3 is 0 Å². The van der Waals surface area contributed by atoms with Crippen molar-refractivity contribution in [1.29, 1.82) is 0 Å². The van der Waals surface area contributed by atoms with E-state index in [2.05, 4.69) is 4.98 Å². The number of imidazole rings is 1. The Balaban J connectivity index is 1.74. The molecule has 0 saturated heterocycles. The van der Waals surface area contributed by atoms with Crippen molar-refractivity contribution >= 4 is 33.1 Å². The molecule has 7 aromatic rings. The van der Waals surface area contributed by atoms with E-state index in [4.69, 9.17) is 12.6 Å². The summed E-state index contributed by atoms with van der Waals surface area (Å²) >= 11 is 0. The summed E-state index contributed by atoms with van der Waals surface area (Å²) in [6.45, 7) is -1.06. The van der Waals surface area contributed by atoms with Crippen molar-refractivity contribution in [3.63, 3.8) is 0 Å². The molecule has 0 bridgehead atoms. The van der Waals surface area contributed by atoms with Gasteiger partial charge < -0.3 is 4.42 Å². The zero-order valence-corrected chi connectivity index (χ0v) is 24.0. The Kier molecular flexibility index (Phi) is 4.44. The van der Waals surface area contributed by atoms with E-state index >= 15 is 0 Å². The van der Waals surface area contributed by atoms with Gasteiger partial charge in [-0.15, -0.1) is 0 Å². The maximum atomic E-state index is 9.55. The lowest BCUT2D eigenvalue weighted by molar-refractivity contribution is -0.633. The normalized spacial score (nSPS) is 18.2. The number of para-hydroxylation sites is 2. The molecule has 4 aromatic carbocycles. The van der Waals surface area contributed by atoms with Crippen LogP contribution in [-0.4, -0.2) is 9.55 Å². The minimum absolute atomic E-state index is 0.0651. The fourth-order valence-electron chi connectivity index (χ4n) is 6.12. The molecule has 2 atom stereocenters. The smallest absolute Gasteiger partial charge is 0.299 e. The van der Waals surface area contributed by atoms with E-state index in [9.17, 15) is 2.74 Å². The maximum Gasteiger partial charge on any atom is 0.299 e. The highest BCUT2D eigenvalue weighted by atomic mass is 16.3. The van der Waals surface area contributed by atoms with Crippen LogP contribution in [0.3, 0.4) is 0 Å². The summed E-state index contributed by atoms with van der Waals surface area (Å²) in [6, 6.07) is 27.8. The third kappa shape index (κ3) is 3.97. The minimum Gasteiger partial charge on any atom is -0.437 e. The lowest BCUT2D eigenvalue weighted by atomic mass is 9.88. The third-order valence-electron chi connectivity index (χ3n) is 8.11. The molecular formula is C38H36N3O+. The average Bonchev–Trinajstić information content (AvgIpc) is 3.58. The van der Waals surface area contributed by atoms with Gasteiger partial charge in [0.25, 0.3) is 5.82 Å². The Bertz CT molecular complexity index is 2390. The zero-order valence-electron chi connectivity index (χ0n) is 32.0. The number of pyridine rings is 1. The van der Waals surface area contributed by atoms with Crippen molar-refractivity contribution in [2.75, 3.05) is 0 Å². The number of benzene rings is 4. The fraction of sp³-hybridized carbons (Fsp3) is 0.211. The van der Waals surface area contributed by atoms with Crippen LogP contribution in [0.5, 0.6) is 0 Å². The maximum absolute atomic E-state index is 9.55. The summed E-state index contributed by atoms with van der Waals surface area (Å²) in [5, 5.41) is 1.65. The van der Waals surface area contributed by atoms with Crippen molar-refractivity contribution in [3.05, 3.63) is 114 Å². The van der Waals surface area contributed by atoms with Crippen LogP contribution in [0.2, 0.25) is 0 Å². The highest BCUT2D eigenvalue weighted by molar-refractivity contribution is 6.09. The van der Waals surface area contributed by atoms with E-state index < -0.39 is 25.5 Å². The second-order valence-corrected chi connectivity index (χ2v) is 10.8. The second-order valence-electron chi connectivity index (χ2n) is 10.8. The molecule has 4 nitrogen and oxygen atoms in total. The van der Waals surface area contributed by atoms with Crippen molar-refractivity contribution in [2.24, 2.45) is 7.05 Å². The van der Waals surface area contributed by atoms with Gasteiger partial charge in [-0.05, 0) is 71.8 Å². The SMILES string of the molecule is [2H]C([2H])([2H])C([2H])(C)c1cc(-c2ccccc2)cc(C([2H])(C)C([2H])([2H])[2H])c1-n1c(-c2c(C)ccc3c2oc2ncccc23)[n+](C)c2ccccc21. The fourth-order valence-corrected chi connectivity index (χ4v) is 6.12. The Morgan fingerprint density at radius 1 is 0.833 bits per heavy atom. The predicted octanol–water partition coefficient (Wildman–Crippen LogP) is 9.64. The summed E-state index contributed by atoms with van der Waals surface area (Å²) in [7, 11) is 1.89. The zero-order chi connectivity index (χ0) is 36.0. The molecule has 4 heteroatoms. The molecular weight excluding hydrogens is 514 g/mol. The van der Waals surface area contributed by atoms with Crippen molar-refractivity contribution < 1.29 is 20.0 Å². The first-order valence-electron chi connectivity index (χ1n) is 18.0. The highest BCUT2D eigenvalue weighted by Gasteiger charge is 2.34. The number of furan rings is 1. The van der Waals surface area contributed by atoms with Gasteiger partial charge in [0.2, 0.25) is 5.71 Å². The summed E-state index contributed by atoms with van der Waals surface area (Å²) < 4.78 is 80.9. The standard InChI is InChI=1S/C38H36N3O/c1-23(2)30-21-27(26-13-8-7-9-14-26)22-31(24(3)4)35(30)41-33-17-11-10-16-32(33)40(6)38(41)34-25(5)18-19-28-29-15-12-20-39-37(29)42-36(28)34/h7-24H,1-6H3/q+1/i1D3,3D3,23D,24D. The Hall–Kier alpha value is -4.70. The minimum atomic E-state index is -2.83. The van der Waals surface area contributed by atoms with Crippen LogP contribution in [-0.2, 0) is 7.05 Å². The van der Waals surface area contributed by atoms with Gasteiger partial charge in [0.05, 0.1) is 7.05 Å². The monoisotopic (exact) mass is 558 g/mol. The summed E-state index contributed by atoms with van der Waals surface area (Å²) in [6.07, 6.45) is 1.66. The van der Waals surface area contributed by atoms with Crippen LogP contribution < -0.4 is 4.57 Å². The van der Waals surface area contributed by atoms with E-state index in [1.54, 1.807) is 18.3 Å². The van der Waals surface area contributed by atoms with Gasteiger partial charge in [0, 0.05) is 39.1 Å². The number of nitrogens with zero attached hydrogens (tertiary/aromatic N) is 3. The molecule has 0 aliphatic rings. The Morgan fingerprint density at radius 2 is 1.55 bits per heavy atom. The molecule has 42 heavy (non-hydrogen) atoms. The third-order valence-corrected chi connectivity index (χ3v) is 8.11. The summed E-state index contributed by atoms with van der Waals surface area (Å²) in [4.78, 5) is 4.46. The van der Waals surface area contributed by atoms with Gasteiger partial charge in [-0.1, -0.05) is 82.1 Å². The molecule has 208 valence electrons. The first-order chi connectivity index (χ1) is 23.4. The first kappa shape index (κ1) is 18.7. The summed E-state index contributed by atoms with van der Waals surface area (Å²) in [5.41, 5.74) is 5.42. The van der Waals surface area contributed by atoms with E-state index in [1.165, 1.54) is 13.8 Å². The quantitative estimate of drug-likeness (QED) is 0.197. The molecule has 0 N–H and O–H groups in total. The molecule has 0 spiro atoms. The number of fused-ring (bicyclic) bond motifs is 4. The molecule has 0 aliphatic carbocycles. The molecule has 2 unspecified atom stereocenters. The number of hydrogen-bond acceptors (Lipinski definition) is 2. The molecule has 0 radical (unpaired) electrons. The largest absolute Gasteiger partial charge is 0.437 e. The van der Waals surface area contributed by atoms with Crippen LogP contribution >= 0.6 is 0 Å². The van der Waals surface area contributed by atoms with Gasteiger partial charge in [-0.2, -0.15) is 4.57 Å². The van der Waals surface area contributed by atoms with Crippen LogP contribution in [0, 0.1) is 6.92 Å². The first-order valence-corrected chi connectivity index (χ1v) is 14.0. The average molecular weight is 559 g/mol. The molecule has 7 rings (SSSR count). The summed E-state index contributed by atoms with van der Waals surface area (Å²) in [5.74, 6) is -3.91. The molecule has 0 fully saturated rings.